The predicted octanol–water partition coefficient (Wildman–Crippen LogP) is -1.96. The summed E-state index contributed by atoms with van der Waals surface area (Å²) in [7, 11) is 0. The van der Waals surface area contributed by atoms with Crippen molar-refractivity contribution in [2.75, 3.05) is 6.61 Å². The molecule has 1 aliphatic rings. The quantitative estimate of drug-likeness (QED) is 0.402. The van der Waals surface area contributed by atoms with Crippen molar-refractivity contribution in [3.63, 3.8) is 0 Å². The van der Waals surface area contributed by atoms with Gasteiger partial charge in [0.2, 0.25) is 0 Å². The average molecular weight is 307 g/mol. The highest BCUT2D eigenvalue weighted by atomic mass is 16.6. The van der Waals surface area contributed by atoms with Crippen molar-refractivity contribution in [2.24, 2.45) is 0 Å². The van der Waals surface area contributed by atoms with Crippen LogP contribution in [0.4, 0.5) is 0 Å². The lowest BCUT2D eigenvalue weighted by Gasteiger charge is -2.17. The third-order valence-corrected chi connectivity index (χ3v) is 3.67. The number of nitriles is 1. The number of aromatic nitrogens is 3. The molecule has 0 aliphatic carbocycles. The molecular weight excluding hydrogens is 294 g/mol. The smallest absolute Gasteiger partial charge is 0.174 e. The van der Waals surface area contributed by atoms with E-state index in [1.54, 1.807) is 0 Å². The summed E-state index contributed by atoms with van der Waals surface area (Å²) in [5.74, 6) is 0. The maximum Gasteiger partial charge on any atom is 0.174 e. The van der Waals surface area contributed by atoms with Gasteiger partial charge in [0.25, 0.3) is 0 Å². The van der Waals surface area contributed by atoms with Gasteiger partial charge in [-0.3, -0.25) is 5.41 Å². The van der Waals surface area contributed by atoms with E-state index >= 15 is 0 Å². The highest BCUT2D eigenvalue weighted by molar-refractivity contribution is 5.82. The number of nitrogens with one attached hydrogen (secondary N) is 1. The summed E-state index contributed by atoms with van der Waals surface area (Å²) in [6.45, 7) is -0.479. The van der Waals surface area contributed by atoms with Crippen LogP contribution in [0.5, 0.6) is 0 Å². The van der Waals surface area contributed by atoms with Crippen molar-refractivity contribution >= 4 is 11.0 Å². The van der Waals surface area contributed by atoms with Crippen LogP contribution in [0.1, 0.15) is 11.8 Å². The van der Waals surface area contributed by atoms with Crippen molar-refractivity contribution < 1.29 is 25.3 Å². The molecule has 0 amide bonds. The number of nitrogens with zero attached hydrogens (tertiary/aromatic N) is 4. The third kappa shape index (κ3) is 1.88. The second-order valence-electron chi connectivity index (χ2n) is 4.93. The summed E-state index contributed by atoms with van der Waals surface area (Å²) in [5.41, 5.74) is -0.137. The molecule has 0 radical (unpaired) electrons. The zero-order chi connectivity index (χ0) is 16.0. The van der Waals surface area contributed by atoms with E-state index in [1.807, 2.05) is 6.07 Å². The Hall–Kier alpha value is -2.45. The molecular formula is C12H13N5O5. The maximum atomic E-state index is 10.1. The second-order valence-corrected chi connectivity index (χ2v) is 4.93. The SMILES string of the molecule is N#Cc1cn([C@@H]2O[C@H](CO)[C@@H](O)[C@H]2O)c2ncn(O)c(=N)c12. The van der Waals surface area contributed by atoms with E-state index in [0.29, 0.717) is 4.73 Å². The van der Waals surface area contributed by atoms with Gasteiger partial charge in [0, 0.05) is 6.20 Å². The van der Waals surface area contributed by atoms with Gasteiger partial charge < -0.3 is 29.8 Å². The number of hydrogen-bond donors (Lipinski definition) is 5. The van der Waals surface area contributed by atoms with Gasteiger partial charge in [-0.25, -0.2) is 4.98 Å². The zero-order valence-electron chi connectivity index (χ0n) is 11.2. The van der Waals surface area contributed by atoms with Crippen LogP contribution in [0.3, 0.4) is 0 Å². The molecule has 0 saturated carbocycles. The average Bonchev–Trinajstić information content (AvgIpc) is 3.02. The van der Waals surface area contributed by atoms with Crippen LogP contribution in [0.2, 0.25) is 0 Å². The van der Waals surface area contributed by atoms with E-state index in [1.165, 1.54) is 10.8 Å². The fourth-order valence-electron chi connectivity index (χ4n) is 2.55. The van der Waals surface area contributed by atoms with Crippen molar-refractivity contribution in [1.29, 1.82) is 10.7 Å². The van der Waals surface area contributed by atoms with Crippen LogP contribution in [-0.2, 0) is 4.74 Å². The van der Waals surface area contributed by atoms with Gasteiger partial charge in [0.05, 0.1) is 17.6 Å². The fourth-order valence-corrected chi connectivity index (χ4v) is 2.55. The Morgan fingerprint density at radius 2 is 2.14 bits per heavy atom. The summed E-state index contributed by atoms with van der Waals surface area (Å²) in [6.07, 6.45) is -2.38. The lowest BCUT2D eigenvalue weighted by molar-refractivity contribution is -0.0509. The highest BCUT2D eigenvalue weighted by Crippen LogP contribution is 2.32. The van der Waals surface area contributed by atoms with Gasteiger partial charge in [-0.2, -0.15) is 9.99 Å². The van der Waals surface area contributed by atoms with Crippen molar-refractivity contribution in [2.45, 2.75) is 24.5 Å². The minimum atomic E-state index is -1.34. The molecule has 3 heterocycles. The molecule has 22 heavy (non-hydrogen) atoms. The molecule has 1 fully saturated rings. The third-order valence-electron chi connectivity index (χ3n) is 3.67. The Labute approximate surface area is 123 Å². The van der Waals surface area contributed by atoms with Gasteiger partial charge in [-0.05, 0) is 0 Å². The van der Waals surface area contributed by atoms with Crippen molar-refractivity contribution in [3.8, 4) is 6.07 Å². The number of aliphatic hydroxyl groups excluding tert-OH is 3. The minimum absolute atomic E-state index is 0.0636. The molecule has 5 N–H and O–H groups in total. The predicted molar refractivity (Wildman–Crippen MR) is 68.5 cm³/mol. The van der Waals surface area contributed by atoms with Crippen LogP contribution in [0, 0.1) is 16.7 Å². The molecule has 4 atom stereocenters. The first-order valence-corrected chi connectivity index (χ1v) is 6.38. The molecule has 0 unspecified atom stereocenters. The van der Waals surface area contributed by atoms with Crippen molar-refractivity contribution in [3.05, 3.63) is 23.6 Å². The second kappa shape index (κ2) is 5.08. The largest absolute Gasteiger partial charge is 0.425 e. The Bertz CT molecular complexity index is 822. The summed E-state index contributed by atoms with van der Waals surface area (Å²) in [6, 6.07) is 1.88. The molecule has 3 rings (SSSR count). The van der Waals surface area contributed by atoms with E-state index in [0.717, 1.165) is 6.33 Å². The number of fused-ring (bicyclic) bond motifs is 1. The standard InChI is InChI=1S/C12H13N5O5/c13-1-5-2-16(11-7(5)10(14)17(21)4-15-11)12-9(20)8(19)6(3-18)22-12/h2,4,6,8-9,12,14,18-21H,3H2/t6-,8-,9-,12-/m1/s1. The van der Waals surface area contributed by atoms with Crippen LogP contribution in [-0.4, -0.2) is 59.7 Å². The zero-order valence-corrected chi connectivity index (χ0v) is 11.2. The normalized spacial score (nSPS) is 28.1. The molecule has 116 valence electrons. The number of ether oxygens (including phenoxy) is 1. The molecule has 1 saturated heterocycles. The van der Waals surface area contributed by atoms with Crippen LogP contribution in [0.15, 0.2) is 12.5 Å². The van der Waals surface area contributed by atoms with Crippen LogP contribution in [0.25, 0.3) is 11.0 Å². The first-order valence-electron chi connectivity index (χ1n) is 6.38. The lowest BCUT2D eigenvalue weighted by Crippen LogP contribution is -2.33. The molecule has 0 bridgehead atoms. The van der Waals surface area contributed by atoms with E-state index in [9.17, 15) is 15.4 Å². The summed E-state index contributed by atoms with van der Waals surface area (Å²) < 4.78 is 7.15. The summed E-state index contributed by atoms with van der Waals surface area (Å²) in [4.78, 5) is 3.93. The molecule has 0 spiro atoms. The number of aliphatic hydroxyl groups is 3. The molecule has 1 aliphatic heterocycles. The van der Waals surface area contributed by atoms with Gasteiger partial charge in [0.15, 0.2) is 11.7 Å². The fraction of sp³-hybridized carbons (Fsp3) is 0.417. The minimum Gasteiger partial charge on any atom is -0.425 e. The Morgan fingerprint density at radius 3 is 2.73 bits per heavy atom. The summed E-state index contributed by atoms with van der Waals surface area (Å²) in [5, 5.41) is 55.5. The molecule has 2 aromatic heterocycles. The monoisotopic (exact) mass is 307 g/mol. The molecule has 0 aromatic carbocycles. The molecule has 10 nitrogen and oxygen atoms in total. The van der Waals surface area contributed by atoms with E-state index < -0.39 is 31.1 Å². The summed E-state index contributed by atoms with van der Waals surface area (Å²) >= 11 is 0. The lowest BCUT2D eigenvalue weighted by atomic mass is 10.1. The van der Waals surface area contributed by atoms with Gasteiger partial charge in [0.1, 0.15) is 36.4 Å². The number of hydrogen-bond acceptors (Lipinski definition) is 8. The van der Waals surface area contributed by atoms with E-state index in [-0.39, 0.29) is 22.1 Å². The maximum absolute atomic E-state index is 10.1. The van der Waals surface area contributed by atoms with Crippen molar-refractivity contribution in [1.82, 2.24) is 14.3 Å². The Balaban J connectivity index is 2.19. The first-order chi connectivity index (χ1) is 10.5. The molecule has 2 aromatic rings. The van der Waals surface area contributed by atoms with Gasteiger partial charge in [-0.1, -0.05) is 0 Å². The first kappa shape index (κ1) is 14.5. The van der Waals surface area contributed by atoms with Gasteiger partial charge in [-0.15, -0.1) is 0 Å². The Kier molecular flexibility index (Phi) is 3.34. The van der Waals surface area contributed by atoms with Crippen LogP contribution >= 0.6 is 0 Å². The van der Waals surface area contributed by atoms with Gasteiger partial charge >= 0.3 is 0 Å². The topological polar surface area (TPSA) is 161 Å². The number of rotatable bonds is 2. The van der Waals surface area contributed by atoms with E-state index in [4.69, 9.17) is 20.5 Å². The highest BCUT2D eigenvalue weighted by Gasteiger charge is 2.44. The molecule has 10 heteroatoms. The van der Waals surface area contributed by atoms with E-state index in [2.05, 4.69) is 4.98 Å². The Morgan fingerprint density at radius 1 is 1.41 bits per heavy atom. The van der Waals surface area contributed by atoms with Crippen LogP contribution < -0.4 is 5.49 Å².